The number of carbonyl (C=O) groups excluding carboxylic acids is 2. The number of nitrogens with one attached hydrogen (secondary N) is 3. The van der Waals surface area contributed by atoms with E-state index in [9.17, 15) is 19.7 Å². The summed E-state index contributed by atoms with van der Waals surface area (Å²) in [5.74, 6) is -0.506. The molecule has 0 aliphatic heterocycles. The predicted molar refractivity (Wildman–Crippen MR) is 105 cm³/mol. The number of hydrogen-bond acceptors (Lipinski definition) is 5. The van der Waals surface area contributed by atoms with Crippen molar-refractivity contribution in [2.75, 3.05) is 16.0 Å². The largest absolute Gasteiger partial charge is 0.374 e. The van der Waals surface area contributed by atoms with Crippen LogP contribution in [0.2, 0.25) is 0 Å². The normalized spacial score (nSPS) is 11.6. The van der Waals surface area contributed by atoms with Gasteiger partial charge >= 0.3 is 0 Å². The van der Waals surface area contributed by atoms with Crippen molar-refractivity contribution in [1.82, 2.24) is 0 Å². The van der Waals surface area contributed by atoms with Gasteiger partial charge in [-0.05, 0) is 37.3 Å². The third-order valence-corrected chi connectivity index (χ3v) is 3.78. The first kappa shape index (κ1) is 19.9. The highest BCUT2D eigenvalue weighted by atomic mass is 16.6. The Morgan fingerprint density at radius 2 is 1.48 bits per heavy atom. The third kappa shape index (κ3) is 5.81. The van der Waals surface area contributed by atoms with Gasteiger partial charge in [-0.2, -0.15) is 0 Å². The van der Waals surface area contributed by atoms with E-state index < -0.39 is 11.0 Å². The van der Waals surface area contributed by atoms with Crippen LogP contribution in [-0.4, -0.2) is 22.8 Å². The van der Waals surface area contributed by atoms with Gasteiger partial charge in [-0.25, -0.2) is 0 Å². The quantitative estimate of drug-likeness (QED) is 0.509. The highest BCUT2D eigenvalue weighted by Gasteiger charge is 2.14. The molecule has 0 aromatic heterocycles. The number of non-ortho nitro benzene ring substituents is 1. The maximum absolute atomic E-state index is 12.3. The minimum Gasteiger partial charge on any atom is -0.374 e. The smallest absolute Gasteiger partial charge is 0.271 e. The van der Waals surface area contributed by atoms with Crippen LogP contribution in [0.3, 0.4) is 0 Å². The molecule has 0 saturated carbocycles. The van der Waals surface area contributed by atoms with Crippen LogP contribution in [0.1, 0.15) is 20.8 Å². The molecular weight excluding hydrogens is 348 g/mol. The first-order valence-corrected chi connectivity index (χ1v) is 8.49. The van der Waals surface area contributed by atoms with Crippen LogP contribution in [0.25, 0.3) is 0 Å². The van der Waals surface area contributed by atoms with E-state index in [1.165, 1.54) is 18.2 Å². The molecule has 0 fully saturated rings. The summed E-state index contributed by atoms with van der Waals surface area (Å²) in [4.78, 5) is 34.2. The zero-order valence-corrected chi connectivity index (χ0v) is 15.4. The van der Waals surface area contributed by atoms with E-state index in [1.807, 2.05) is 13.8 Å². The molecule has 0 spiro atoms. The van der Waals surface area contributed by atoms with Crippen LogP contribution >= 0.6 is 0 Å². The average molecular weight is 370 g/mol. The van der Waals surface area contributed by atoms with Gasteiger partial charge in [0.05, 0.1) is 4.92 Å². The molecule has 2 aromatic carbocycles. The predicted octanol–water partition coefficient (Wildman–Crippen LogP) is 3.63. The van der Waals surface area contributed by atoms with Crippen molar-refractivity contribution in [2.45, 2.75) is 26.8 Å². The molecule has 0 heterocycles. The monoisotopic (exact) mass is 370 g/mol. The number of rotatable bonds is 7. The fourth-order valence-corrected chi connectivity index (χ4v) is 2.20. The molecule has 0 radical (unpaired) electrons. The molecule has 8 heteroatoms. The van der Waals surface area contributed by atoms with E-state index in [4.69, 9.17) is 0 Å². The lowest BCUT2D eigenvalue weighted by Crippen LogP contribution is -2.31. The maximum atomic E-state index is 12.3. The lowest BCUT2D eigenvalue weighted by molar-refractivity contribution is -0.384. The zero-order chi connectivity index (χ0) is 20.0. The van der Waals surface area contributed by atoms with Gasteiger partial charge in [0.1, 0.15) is 6.04 Å². The summed E-state index contributed by atoms with van der Waals surface area (Å²) >= 11 is 0. The van der Waals surface area contributed by atoms with Crippen LogP contribution in [0.4, 0.5) is 22.7 Å². The summed E-state index contributed by atoms with van der Waals surface area (Å²) in [5, 5.41) is 19.3. The molecule has 2 amide bonds. The van der Waals surface area contributed by atoms with E-state index in [0.29, 0.717) is 17.1 Å². The molecular formula is C19H22N4O4. The molecule has 1 atom stereocenters. The van der Waals surface area contributed by atoms with Gasteiger partial charge in [0.25, 0.3) is 5.69 Å². The topological polar surface area (TPSA) is 113 Å². The number of nitro groups is 1. The van der Waals surface area contributed by atoms with Crippen molar-refractivity contribution < 1.29 is 14.5 Å². The highest BCUT2D eigenvalue weighted by Crippen LogP contribution is 2.18. The number of nitro benzene ring substituents is 1. The van der Waals surface area contributed by atoms with Crippen LogP contribution in [0, 0.1) is 16.0 Å². The molecule has 8 nitrogen and oxygen atoms in total. The second-order valence-corrected chi connectivity index (χ2v) is 6.38. The first-order chi connectivity index (χ1) is 12.8. The second-order valence-electron chi connectivity index (χ2n) is 6.38. The molecule has 2 rings (SSSR count). The van der Waals surface area contributed by atoms with E-state index >= 15 is 0 Å². The molecule has 0 aliphatic carbocycles. The average Bonchev–Trinajstić information content (AvgIpc) is 2.63. The van der Waals surface area contributed by atoms with E-state index in [2.05, 4.69) is 16.0 Å². The fourth-order valence-electron chi connectivity index (χ4n) is 2.20. The molecule has 0 saturated heterocycles. The number of nitrogens with zero attached hydrogens (tertiary/aromatic N) is 1. The van der Waals surface area contributed by atoms with E-state index in [0.717, 1.165) is 0 Å². The van der Waals surface area contributed by atoms with Gasteiger partial charge in [-0.15, -0.1) is 0 Å². The Bertz CT molecular complexity index is 834. The van der Waals surface area contributed by atoms with Crippen LogP contribution < -0.4 is 16.0 Å². The van der Waals surface area contributed by atoms with Crippen LogP contribution in [0.15, 0.2) is 48.5 Å². The summed E-state index contributed by atoms with van der Waals surface area (Å²) in [5.41, 5.74) is 1.65. The SMILES string of the molecule is CC(C)C(=O)Nc1ccc(N[C@H](C)C(=O)Nc2cccc([N+](=O)[O-])c2)cc1. The van der Waals surface area contributed by atoms with E-state index in [-0.39, 0.29) is 23.4 Å². The highest BCUT2D eigenvalue weighted by molar-refractivity contribution is 5.96. The van der Waals surface area contributed by atoms with Gasteiger partial charge in [-0.3, -0.25) is 19.7 Å². The lowest BCUT2D eigenvalue weighted by Gasteiger charge is -2.16. The standard InChI is InChI=1S/C19H22N4O4/c1-12(2)18(24)21-15-9-7-14(8-10-15)20-13(3)19(25)22-16-5-4-6-17(11-16)23(26)27/h4-13,20H,1-3H3,(H,21,24)(H,22,25)/t13-/m1/s1. The minimum atomic E-state index is -0.569. The van der Waals surface area contributed by atoms with Crippen molar-refractivity contribution in [3.05, 3.63) is 58.6 Å². The van der Waals surface area contributed by atoms with E-state index in [1.54, 1.807) is 37.3 Å². The Balaban J connectivity index is 1.95. The Morgan fingerprint density at radius 1 is 0.889 bits per heavy atom. The number of benzene rings is 2. The molecule has 0 aliphatic rings. The Labute approximate surface area is 157 Å². The lowest BCUT2D eigenvalue weighted by atomic mass is 10.2. The molecule has 0 unspecified atom stereocenters. The maximum Gasteiger partial charge on any atom is 0.271 e. The summed E-state index contributed by atoms with van der Waals surface area (Å²) in [6.07, 6.45) is 0. The first-order valence-electron chi connectivity index (χ1n) is 8.49. The Hall–Kier alpha value is -3.42. The number of hydrogen-bond donors (Lipinski definition) is 3. The van der Waals surface area contributed by atoms with Crippen molar-refractivity contribution in [3.63, 3.8) is 0 Å². The molecule has 0 bridgehead atoms. The Morgan fingerprint density at radius 3 is 2.07 bits per heavy atom. The van der Waals surface area contributed by atoms with Crippen molar-refractivity contribution in [2.24, 2.45) is 5.92 Å². The van der Waals surface area contributed by atoms with Gasteiger partial charge in [0, 0.05) is 35.1 Å². The van der Waals surface area contributed by atoms with Crippen molar-refractivity contribution in [1.29, 1.82) is 0 Å². The molecule has 27 heavy (non-hydrogen) atoms. The van der Waals surface area contributed by atoms with Crippen LogP contribution in [-0.2, 0) is 9.59 Å². The number of anilines is 3. The number of amides is 2. The van der Waals surface area contributed by atoms with Gasteiger partial charge in [-0.1, -0.05) is 19.9 Å². The summed E-state index contributed by atoms with van der Waals surface area (Å²) in [6.45, 7) is 5.31. The molecule has 3 N–H and O–H groups in total. The van der Waals surface area contributed by atoms with Crippen LogP contribution in [0.5, 0.6) is 0 Å². The third-order valence-electron chi connectivity index (χ3n) is 3.78. The summed E-state index contributed by atoms with van der Waals surface area (Å²) < 4.78 is 0. The molecule has 2 aromatic rings. The van der Waals surface area contributed by atoms with Crippen molar-refractivity contribution >= 4 is 34.6 Å². The van der Waals surface area contributed by atoms with Crippen molar-refractivity contribution in [3.8, 4) is 0 Å². The second kappa shape index (κ2) is 8.79. The summed E-state index contributed by atoms with van der Waals surface area (Å²) in [6, 6.07) is 12.2. The summed E-state index contributed by atoms with van der Waals surface area (Å²) in [7, 11) is 0. The van der Waals surface area contributed by atoms with Gasteiger partial charge in [0.15, 0.2) is 0 Å². The number of carbonyl (C=O) groups is 2. The Kier molecular flexibility index (Phi) is 6.48. The fraction of sp³-hybridized carbons (Fsp3) is 0.263. The van der Waals surface area contributed by atoms with Gasteiger partial charge in [0.2, 0.25) is 11.8 Å². The van der Waals surface area contributed by atoms with Gasteiger partial charge < -0.3 is 16.0 Å². The zero-order valence-electron chi connectivity index (χ0n) is 15.4. The molecule has 142 valence electrons. The minimum absolute atomic E-state index is 0.0691.